The minimum absolute atomic E-state index is 0. The van der Waals surface area contributed by atoms with E-state index in [2.05, 4.69) is 13.8 Å². The van der Waals surface area contributed by atoms with Crippen LogP contribution in [0.15, 0.2) is 0 Å². The zero-order chi connectivity index (χ0) is 40.2. The van der Waals surface area contributed by atoms with E-state index in [1.54, 1.807) is 0 Å². The van der Waals surface area contributed by atoms with Gasteiger partial charge in [-0.3, -0.25) is 14.2 Å². The first-order valence-electron chi connectivity index (χ1n) is 22.3. The van der Waals surface area contributed by atoms with Crippen molar-refractivity contribution >= 4 is 19.8 Å². The average Bonchev–Trinajstić information content (AvgIpc) is 3.62. The molecule has 0 N–H and O–H groups in total. The number of hydrogen-bond acceptors (Lipinski definition) is 12. The van der Waals surface area contributed by atoms with Crippen molar-refractivity contribution in [1.29, 1.82) is 0 Å². The van der Waals surface area contributed by atoms with Crippen molar-refractivity contribution in [2.75, 3.05) is 40.0 Å². The zero-order valence-electron chi connectivity index (χ0n) is 36.5. The van der Waals surface area contributed by atoms with Gasteiger partial charge >= 0.3 is 41.5 Å². The third kappa shape index (κ3) is 34.7. The average molecular weight is 830 g/mol. The van der Waals surface area contributed by atoms with E-state index in [9.17, 15) is 19.0 Å². The van der Waals surface area contributed by atoms with E-state index in [0.717, 1.165) is 70.8 Å². The summed E-state index contributed by atoms with van der Waals surface area (Å²) in [6.07, 6.45) is 27.8. The molecule has 4 unspecified atom stereocenters. The van der Waals surface area contributed by atoms with Gasteiger partial charge in [0.1, 0.15) is 6.61 Å². The summed E-state index contributed by atoms with van der Waals surface area (Å²) in [4.78, 5) is 50.1. The largest absolute Gasteiger partial charge is 1.00 e. The van der Waals surface area contributed by atoms with Crippen LogP contribution in [0.4, 0.5) is 0 Å². The van der Waals surface area contributed by atoms with E-state index in [0.29, 0.717) is 13.0 Å². The van der Waals surface area contributed by atoms with Gasteiger partial charge in [0, 0.05) is 32.2 Å². The Morgan fingerprint density at radius 1 is 0.625 bits per heavy atom. The zero-order valence-corrected chi connectivity index (χ0v) is 39.3. The van der Waals surface area contributed by atoms with Gasteiger partial charge in [0.05, 0.1) is 13.2 Å². The summed E-state index contributed by atoms with van der Waals surface area (Å²) in [6.45, 7) is 6.75. The van der Waals surface area contributed by atoms with Crippen LogP contribution < -0.4 is 34.5 Å². The van der Waals surface area contributed by atoms with Crippen molar-refractivity contribution in [2.24, 2.45) is 0 Å². The van der Waals surface area contributed by atoms with Crippen LogP contribution in [0.2, 0.25) is 0 Å². The molecular weight excluding hydrogens is 748 g/mol. The summed E-state index contributed by atoms with van der Waals surface area (Å²) in [5.74, 6) is -0.893. The van der Waals surface area contributed by atoms with Crippen LogP contribution in [0.3, 0.4) is 0 Å². The molecule has 0 aromatic rings. The Morgan fingerprint density at radius 2 is 1.05 bits per heavy atom. The first-order chi connectivity index (χ1) is 26.7. The van der Waals surface area contributed by atoms with Crippen molar-refractivity contribution in [1.82, 2.24) is 4.90 Å². The Bertz CT molecular complexity index is 966. The van der Waals surface area contributed by atoms with E-state index in [4.69, 9.17) is 33.0 Å². The number of phosphoric ester groups is 1. The van der Waals surface area contributed by atoms with Gasteiger partial charge in [-0.25, -0.2) is 9.78 Å². The normalized spacial score (nSPS) is 17.1. The SMILES string of the molecule is CCCCCCCCCCCCCCCC(=O)OCC(COP(=O)([O-])OCCN(C)CC)OC(=O)CCCCCCCC1OOC(CCCCCCCC)O1.[Na+]. The van der Waals surface area contributed by atoms with Crippen molar-refractivity contribution < 1.29 is 81.6 Å². The monoisotopic (exact) mass is 830 g/mol. The van der Waals surface area contributed by atoms with E-state index in [1.807, 2.05) is 18.9 Å². The van der Waals surface area contributed by atoms with Crippen molar-refractivity contribution in [3.63, 3.8) is 0 Å². The third-order valence-electron chi connectivity index (χ3n) is 10.1. The third-order valence-corrected chi connectivity index (χ3v) is 11.0. The molecule has 1 aliphatic rings. The van der Waals surface area contributed by atoms with Gasteiger partial charge in [0.2, 0.25) is 0 Å². The maximum atomic E-state index is 12.7. The molecule has 12 nitrogen and oxygen atoms in total. The molecule has 0 aromatic carbocycles. The Kier molecular flexibility index (Phi) is 39.0. The number of nitrogens with zero attached hydrogens (tertiary/aromatic N) is 1. The minimum atomic E-state index is -4.64. The number of ether oxygens (including phenoxy) is 3. The Balaban J connectivity index is 0.0000302. The number of likely N-dealkylation sites (N-methyl/N-ethyl adjacent to an activating group) is 1. The fourth-order valence-electron chi connectivity index (χ4n) is 6.36. The standard InChI is InChI=1S/C42H82NO11P.Na/c1-5-8-10-12-14-15-16-17-18-19-20-22-26-30-39(44)48-36-38(37-50-55(46,47)49-35-34-43(4)7-3)51-40(45)31-27-23-21-25-29-33-42-52-41(53-54-42)32-28-24-13-11-9-6-2;/h38,41-42H,5-37H2,1-4H3,(H,46,47);/q;+1/p-1. The number of esters is 2. The molecule has 0 amide bonds. The summed E-state index contributed by atoms with van der Waals surface area (Å²) in [5, 5.41) is 0. The maximum absolute atomic E-state index is 12.7. The molecule has 1 saturated heterocycles. The molecule has 4 atom stereocenters. The quantitative estimate of drug-likeness (QED) is 0.0199. The van der Waals surface area contributed by atoms with Crippen molar-refractivity contribution in [3.8, 4) is 0 Å². The summed E-state index contributed by atoms with van der Waals surface area (Å²) in [6, 6.07) is 0. The summed E-state index contributed by atoms with van der Waals surface area (Å²) in [7, 11) is -2.79. The Labute approximate surface area is 363 Å². The summed E-state index contributed by atoms with van der Waals surface area (Å²) < 4.78 is 39.1. The van der Waals surface area contributed by atoms with E-state index >= 15 is 0 Å². The molecule has 14 heteroatoms. The molecule has 0 radical (unpaired) electrons. The van der Waals surface area contributed by atoms with Gasteiger partial charge in [-0.2, -0.15) is 0 Å². The molecule has 56 heavy (non-hydrogen) atoms. The fourth-order valence-corrected chi connectivity index (χ4v) is 7.09. The molecule has 1 aliphatic heterocycles. The van der Waals surface area contributed by atoms with Gasteiger partial charge in [-0.1, -0.05) is 149 Å². The topological polar surface area (TPSA) is 142 Å². The molecule has 1 heterocycles. The predicted octanol–water partition coefficient (Wildman–Crippen LogP) is 7.49. The van der Waals surface area contributed by atoms with Crippen LogP contribution in [-0.2, 0) is 47.2 Å². The van der Waals surface area contributed by atoms with Gasteiger partial charge in [-0.15, -0.1) is 0 Å². The molecule has 1 rings (SSSR count). The number of carbonyl (C=O) groups is 2. The maximum Gasteiger partial charge on any atom is 1.00 e. The molecule has 0 spiro atoms. The van der Waals surface area contributed by atoms with Crippen LogP contribution in [0, 0.1) is 0 Å². The smallest absolute Gasteiger partial charge is 0.756 e. The Hall–Kier alpha value is -0.110. The number of carbonyl (C=O) groups excluding carboxylic acids is 2. The van der Waals surface area contributed by atoms with Crippen molar-refractivity contribution in [2.45, 2.75) is 219 Å². The Morgan fingerprint density at radius 3 is 1.52 bits per heavy atom. The number of phosphoric acid groups is 1. The van der Waals surface area contributed by atoms with E-state index < -0.39 is 32.5 Å². The van der Waals surface area contributed by atoms with Crippen LogP contribution >= 0.6 is 7.82 Å². The van der Waals surface area contributed by atoms with Gasteiger partial charge in [0.15, 0.2) is 18.7 Å². The molecule has 326 valence electrons. The fraction of sp³-hybridized carbons (Fsp3) is 0.952. The van der Waals surface area contributed by atoms with Gasteiger partial charge in [0.25, 0.3) is 7.82 Å². The number of hydrogen-bond donors (Lipinski definition) is 0. The molecule has 0 aromatic heterocycles. The second kappa shape index (κ2) is 39.1. The van der Waals surface area contributed by atoms with Gasteiger partial charge in [-0.05, 0) is 39.3 Å². The number of unbranched alkanes of at least 4 members (excludes halogenated alkanes) is 21. The molecule has 0 saturated carbocycles. The van der Waals surface area contributed by atoms with Crippen LogP contribution in [0.25, 0.3) is 0 Å². The predicted molar refractivity (Wildman–Crippen MR) is 215 cm³/mol. The summed E-state index contributed by atoms with van der Waals surface area (Å²) in [5.41, 5.74) is 0. The van der Waals surface area contributed by atoms with Crippen molar-refractivity contribution in [3.05, 3.63) is 0 Å². The van der Waals surface area contributed by atoms with Crippen LogP contribution in [0.5, 0.6) is 0 Å². The summed E-state index contributed by atoms with van der Waals surface area (Å²) >= 11 is 0. The first-order valence-corrected chi connectivity index (χ1v) is 23.8. The van der Waals surface area contributed by atoms with E-state index in [1.165, 1.54) is 96.3 Å². The molecule has 0 aliphatic carbocycles. The van der Waals surface area contributed by atoms with Gasteiger partial charge < -0.3 is 33.1 Å². The first kappa shape index (κ1) is 55.9. The molecular formula is C42H81NNaO11P. The molecule has 0 bridgehead atoms. The van der Waals surface area contributed by atoms with Crippen LogP contribution in [0.1, 0.15) is 201 Å². The van der Waals surface area contributed by atoms with E-state index in [-0.39, 0.29) is 68.2 Å². The van der Waals surface area contributed by atoms with Crippen LogP contribution in [-0.4, -0.2) is 75.5 Å². The second-order valence-corrected chi connectivity index (χ2v) is 16.7. The molecule has 1 fully saturated rings. The minimum Gasteiger partial charge on any atom is -0.756 e. The second-order valence-electron chi connectivity index (χ2n) is 15.3. The number of rotatable bonds is 40.